The monoisotopic (exact) mass is 164 g/mol. The van der Waals surface area contributed by atoms with E-state index in [1.165, 1.54) is 51.2 Å². The summed E-state index contributed by atoms with van der Waals surface area (Å²) >= 11 is 0. The van der Waals surface area contributed by atoms with Gasteiger partial charge in [0.2, 0.25) is 0 Å². The Morgan fingerprint density at radius 2 is 1.42 bits per heavy atom. The molecule has 12 heavy (non-hydrogen) atoms. The smallest absolute Gasteiger partial charge is 0.124 e. The zero-order chi connectivity index (χ0) is 8.23. The molecule has 2 unspecified atom stereocenters. The van der Waals surface area contributed by atoms with E-state index >= 15 is 0 Å². The summed E-state index contributed by atoms with van der Waals surface area (Å²) in [5.41, 5.74) is 1.07. The third-order valence-corrected chi connectivity index (χ3v) is 4.98. The maximum absolute atomic E-state index is 10.9. The molecule has 2 atom stereocenters. The summed E-state index contributed by atoms with van der Waals surface area (Å²) in [6.07, 6.45) is 10.9. The summed E-state index contributed by atoms with van der Waals surface area (Å²) in [4.78, 5) is 10.9. The number of carbonyl (C=O) groups excluding carboxylic acids is 1. The number of carbonyl (C=O) groups is 1. The molecule has 0 N–H and O–H groups in total. The largest absolute Gasteiger partial charge is 0.303 e. The molecule has 66 valence electrons. The van der Waals surface area contributed by atoms with Crippen LogP contribution in [0.1, 0.15) is 44.9 Å². The summed E-state index contributed by atoms with van der Waals surface area (Å²) in [7, 11) is 0. The van der Waals surface area contributed by atoms with Crippen molar-refractivity contribution in [2.24, 2.45) is 16.7 Å². The highest BCUT2D eigenvalue weighted by molar-refractivity contribution is 5.65. The molecule has 3 fully saturated rings. The number of hydrogen-bond acceptors (Lipinski definition) is 1. The third kappa shape index (κ3) is 0.512. The molecular formula is C11H16O. The van der Waals surface area contributed by atoms with Crippen molar-refractivity contribution in [3.8, 4) is 0 Å². The van der Waals surface area contributed by atoms with Crippen LogP contribution in [0.4, 0.5) is 0 Å². The van der Waals surface area contributed by atoms with E-state index in [9.17, 15) is 4.79 Å². The number of rotatable bonds is 1. The van der Waals surface area contributed by atoms with Crippen molar-refractivity contribution >= 4 is 6.29 Å². The van der Waals surface area contributed by atoms with Crippen LogP contribution < -0.4 is 0 Å². The predicted octanol–water partition coefficient (Wildman–Crippen LogP) is 2.55. The van der Waals surface area contributed by atoms with Crippen LogP contribution in [-0.4, -0.2) is 6.29 Å². The van der Waals surface area contributed by atoms with Gasteiger partial charge in [-0.1, -0.05) is 19.3 Å². The van der Waals surface area contributed by atoms with Crippen molar-refractivity contribution < 1.29 is 4.79 Å². The summed E-state index contributed by atoms with van der Waals surface area (Å²) in [5.74, 6) is 0.473. The van der Waals surface area contributed by atoms with Gasteiger partial charge in [-0.2, -0.15) is 0 Å². The Kier molecular flexibility index (Phi) is 1.15. The topological polar surface area (TPSA) is 17.1 Å². The Balaban J connectivity index is 1.99. The average Bonchev–Trinajstić information content (AvgIpc) is 2.45. The van der Waals surface area contributed by atoms with Gasteiger partial charge in [-0.25, -0.2) is 0 Å². The van der Waals surface area contributed by atoms with Crippen molar-refractivity contribution in [3.63, 3.8) is 0 Å². The molecule has 0 amide bonds. The van der Waals surface area contributed by atoms with Crippen molar-refractivity contribution in [2.75, 3.05) is 0 Å². The van der Waals surface area contributed by atoms with E-state index in [2.05, 4.69) is 0 Å². The second kappa shape index (κ2) is 1.94. The highest BCUT2D eigenvalue weighted by Gasteiger charge is 2.77. The molecule has 3 aliphatic rings. The van der Waals surface area contributed by atoms with E-state index in [1.807, 2.05) is 0 Å². The Labute approximate surface area is 73.5 Å². The van der Waals surface area contributed by atoms with Crippen LogP contribution in [0.2, 0.25) is 0 Å². The normalized spacial score (nSPS) is 55.8. The zero-order valence-electron chi connectivity index (χ0n) is 7.51. The molecule has 0 heterocycles. The fourth-order valence-corrected chi connectivity index (χ4v) is 4.51. The first-order valence-corrected chi connectivity index (χ1v) is 5.31. The van der Waals surface area contributed by atoms with Crippen molar-refractivity contribution in [2.45, 2.75) is 44.9 Å². The van der Waals surface area contributed by atoms with Gasteiger partial charge in [0.25, 0.3) is 0 Å². The van der Waals surface area contributed by atoms with Crippen LogP contribution >= 0.6 is 0 Å². The van der Waals surface area contributed by atoms with E-state index in [0.29, 0.717) is 16.7 Å². The second-order valence-corrected chi connectivity index (χ2v) is 4.99. The molecule has 0 spiro atoms. The van der Waals surface area contributed by atoms with Gasteiger partial charge >= 0.3 is 0 Å². The lowest BCUT2D eigenvalue weighted by atomic mass is 9.82. The second-order valence-electron chi connectivity index (χ2n) is 4.99. The van der Waals surface area contributed by atoms with Gasteiger partial charge < -0.3 is 4.79 Å². The highest BCUT2D eigenvalue weighted by Crippen LogP contribution is 2.82. The minimum Gasteiger partial charge on any atom is -0.303 e. The molecule has 1 nitrogen and oxygen atoms in total. The summed E-state index contributed by atoms with van der Waals surface area (Å²) in [5, 5.41) is 0. The van der Waals surface area contributed by atoms with E-state index in [1.54, 1.807) is 0 Å². The lowest BCUT2D eigenvalue weighted by Crippen LogP contribution is -2.12. The van der Waals surface area contributed by atoms with Crippen LogP contribution in [0.5, 0.6) is 0 Å². The van der Waals surface area contributed by atoms with Crippen LogP contribution in [0.15, 0.2) is 0 Å². The van der Waals surface area contributed by atoms with Gasteiger partial charge in [0.1, 0.15) is 6.29 Å². The third-order valence-electron chi connectivity index (χ3n) is 4.98. The molecule has 0 aromatic heterocycles. The Morgan fingerprint density at radius 1 is 0.917 bits per heavy atom. The number of aldehydes is 1. The lowest BCUT2D eigenvalue weighted by Gasteiger charge is -2.22. The SMILES string of the molecule is O=CC1C23CCCCC12CCC3. The quantitative estimate of drug-likeness (QED) is 0.544. The minimum absolute atomic E-state index is 0.473. The van der Waals surface area contributed by atoms with Crippen LogP contribution in [0.25, 0.3) is 0 Å². The molecule has 0 aromatic carbocycles. The average molecular weight is 164 g/mol. The Bertz CT molecular complexity index is 215. The summed E-state index contributed by atoms with van der Waals surface area (Å²) < 4.78 is 0. The Hall–Kier alpha value is -0.330. The molecule has 3 saturated carbocycles. The molecule has 3 rings (SSSR count). The van der Waals surface area contributed by atoms with Crippen LogP contribution in [0.3, 0.4) is 0 Å². The van der Waals surface area contributed by atoms with E-state index in [0.717, 1.165) is 0 Å². The first-order chi connectivity index (χ1) is 5.86. The highest BCUT2D eigenvalue weighted by atomic mass is 16.1. The minimum atomic E-state index is 0.473. The molecule has 0 radical (unpaired) electrons. The zero-order valence-corrected chi connectivity index (χ0v) is 7.51. The summed E-state index contributed by atoms with van der Waals surface area (Å²) in [6.45, 7) is 0. The molecule has 0 bridgehead atoms. The molecule has 1 heteroatoms. The van der Waals surface area contributed by atoms with Gasteiger partial charge in [-0.05, 0) is 36.5 Å². The molecule has 0 saturated heterocycles. The van der Waals surface area contributed by atoms with Crippen LogP contribution in [0, 0.1) is 16.7 Å². The van der Waals surface area contributed by atoms with E-state index in [4.69, 9.17) is 0 Å². The van der Waals surface area contributed by atoms with Gasteiger partial charge in [0.15, 0.2) is 0 Å². The van der Waals surface area contributed by atoms with Crippen LogP contribution in [-0.2, 0) is 4.79 Å². The first-order valence-electron chi connectivity index (χ1n) is 5.31. The van der Waals surface area contributed by atoms with Gasteiger partial charge in [0, 0.05) is 5.92 Å². The van der Waals surface area contributed by atoms with Gasteiger partial charge in [-0.15, -0.1) is 0 Å². The van der Waals surface area contributed by atoms with Crippen molar-refractivity contribution in [3.05, 3.63) is 0 Å². The van der Waals surface area contributed by atoms with Crippen molar-refractivity contribution in [1.29, 1.82) is 0 Å². The molecule has 3 aliphatic carbocycles. The fourth-order valence-electron chi connectivity index (χ4n) is 4.51. The maximum Gasteiger partial charge on any atom is 0.124 e. The van der Waals surface area contributed by atoms with E-state index in [-0.39, 0.29) is 0 Å². The standard InChI is InChI=1S/C11H16O/c12-8-9-10-4-1-2-5-11(9,10)7-3-6-10/h8-9H,1-7H2. The fraction of sp³-hybridized carbons (Fsp3) is 0.909. The van der Waals surface area contributed by atoms with Gasteiger partial charge in [0.05, 0.1) is 0 Å². The Morgan fingerprint density at radius 3 is 1.92 bits per heavy atom. The van der Waals surface area contributed by atoms with E-state index < -0.39 is 0 Å². The predicted molar refractivity (Wildman–Crippen MR) is 46.7 cm³/mol. The molecular weight excluding hydrogens is 148 g/mol. The molecule has 0 aromatic rings. The molecule has 0 aliphatic heterocycles. The number of hydrogen-bond donors (Lipinski definition) is 0. The van der Waals surface area contributed by atoms with Gasteiger partial charge in [-0.3, -0.25) is 0 Å². The van der Waals surface area contributed by atoms with Crippen molar-refractivity contribution in [1.82, 2.24) is 0 Å². The lowest BCUT2D eigenvalue weighted by molar-refractivity contribution is -0.110. The maximum atomic E-state index is 10.9. The summed E-state index contributed by atoms with van der Waals surface area (Å²) in [6, 6.07) is 0. The first kappa shape index (κ1) is 7.11.